The van der Waals surface area contributed by atoms with Gasteiger partial charge in [0.05, 0.1) is 22.4 Å². The number of rotatable bonds is 4. The van der Waals surface area contributed by atoms with E-state index in [1.165, 1.54) is 10.8 Å². The molecule has 108 valence electrons. The number of aromatic nitrogens is 2. The Morgan fingerprint density at radius 3 is 2.76 bits per heavy atom. The summed E-state index contributed by atoms with van der Waals surface area (Å²) in [6, 6.07) is 14.5. The van der Waals surface area contributed by atoms with Crippen LogP contribution >= 0.6 is 15.9 Å². The number of aryl methyl sites for hydroxylation is 1. The minimum absolute atomic E-state index is 0.118. The summed E-state index contributed by atoms with van der Waals surface area (Å²) in [5.74, 6) is 5.87. The lowest BCUT2D eigenvalue weighted by molar-refractivity contribution is 0.544. The lowest BCUT2D eigenvalue weighted by Crippen LogP contribution is -2.31. The zero-order valence-corrected chi connectivity index (χ0v) is 13.3. The molecule has 0 aliphatic heterocycles. The lowest BCUT2D eigenvalue weighted by atomic mass is 9.97. The van der Waals surface area contributed by atoms with Gasteiger partial charge < -0.3 is 0 Å². The molecule has 0 bridgehead atoms. The first kappa shape index (κ1) is 14.3. The Kier molecular flexibility index (Phi) is 4.05. The van der Waals surface area contributed by atoms with E-state index in [0.717, 1.165) is 22.3 Å². The van der Waals surface area contributed by atoms with Crippen LogP contribution in [0.15, 0.2) is 53.1 Å². The first-order valence-corrected chi connectivity index (χ1v) is 7.70. The van der Waals surface area contributed by atoms with E-state index >= 15 is 0 Å². The zero-order valence-electron chi connectivity index (χ0n) is 11.8. The fourth-order valence-electron chi connectivity index (χ4n) is 2.73. The molecule has 1 unspecified atom stereocenters. The second-order valence-electron chi connectivity index (χ2n) is 4.86. The predicted molar refractivity (Wildman–Crippen MR) is 88.7 cm³/mol. The Bertz CT molecular complexity index is 761. The predicted octanol–water partition coefficient (Wildman–Crippen LogP) is 3.37. The van der Waals surface area contributed by atoms with Gasteiger partial charge in [-0.15, -0.1) is 0 Å². The molecule has 4 nitrogen and oxygen atoms in total. The van der Waals surface area contributed by atoms with E-state index in [-0.39, 0.29) is 6.04 Å². The van der Waals surface area contributed by atoms with Crippen molar-refractivity contribution >= 4 is 26.7 Å². The SMILES string of the molecule is CCn1ncc(Br)c1C(NN)c1cccc2ccccc12. The van der Waals surface area contributed by atoms with Crippen LogP contribution in [0.1, 0.15) is 24.2 Å². The molecule has 2 aromatic carbocycles. The number of hydrazine groups is 1. The van der Waals surface area contributed by atoms with E-state index in [2.05, 4.69) is 63.7 Å². The molecule has 0 fully saturated rings. The first-order valence-electron chi connectivity index (χ1n) is 6.91. The quantitative estimate of drug-likeness (QED) is 0.563. The summed E-state index contributed by atoms with van der Waals surface area (Å²) in [5.41, 5.74) is 5.12. The molecule has 0 radical (unpaired) electrons. The summed E-state index contributed by atoms with van der Waals surface area (Å²) < 4.78 is 2.91. The summed E-state index contributed by atoms with van der Waals surface area (Å²) in [6.07, 6.45) is 1.81. The molecule has 21 heavy (non-hydrogen) atoms. The summed E-state index contributed by atoms with van der Waals surface area (Å²) in [7, 11) is 0. The number of hydrogen-bond donors (Lipinski definition) is 2. The molecule has 3 rings (SSSR count). The van der Waals surface area contributed by atoms with Crippen LogP contribution < -0.4 is 11.3 Å². The van der Waals surface area contributed by atoms with Crippen molar-refractivity contribution in [3.8, 4) is 0 Å². The number of nitrogens with zero attached hydrogens (tertiary/aromatic N) is 2. The normalized spacial score (nSPS) is 12.7. The van der Waals surface area contributed by atoms with Crippen LogP contribution in [0.2, 0.25) is 0 Å². The fraction of sp³-hybridized carbons (Fsp3) is 0.188. The van der Waals surface area contributed by atoms with Crippen LogP contribution in [0.3, 0.4) is 0 Å². The maximum absolute atomic E-state index is 5.87. The van der Waals surface area contributed by atoms with Crippen molar-refractivity contribution in [2.45, 2.75) is 19.5 Å². The highest BCUT2D eigenvalue weighted by atomic mass is 79.9. The van der Waals surface area contributed by atoms with E-state index in [4.69, 9.17) is 5.84 Å². The van der Waals surface area contributed by atoms with Crippen molar-refractivity contribution in [1.82, 2.24) is 15.2 Å². The van der Waals surface area contributed by atoms with Crippen LogP contribution in [0.5, 0.6) is 0 Å². The lowest BCUT2D eigenvalue weighted by Gasteiger charge is -2.20. The number of hydrogen-bond acceptors (Lipinski definition) is 3. The molecule has 5 heteroatoms. The minimum atomic E-state index is -0.118. The van der Waals surface area contributed by atoms with Crippen LogP contribution in [-0.2, 0) is 6.54 Å². The average molecular weight is 345 g/mol. The van der Waals surface area contributed by atoms with Gasteiger partial charge in [0.25, 0.3) is 0 Å². The molecule has 1 heterocycles. The van der Waals surface area contributed by atoms with Crippen molar-refractivity contribution in [2.24, 2.45) is 5.84 Å². The van der Waals surface area contributed by atoms with Gasteiger partial charge in [-0.05, 0) is 39.2 Å². The van der Waals surface area contributed by atoms with Crippen molar-refractivity contribution in [3.63, 3.8) is 0 Å². The highest BCUT2D eigenvalue weighted by Gasteiger charge is 2.21. The molecule has 3 aromatic rings. The van der Waals surface area contributed by atoms with Crippen LogP contribution in [-0.4, -0.2) is 9.78 Å². The van der Waals surface area contributed by atoms with E-state index in [0.29, 0.717) is 0 Å². The minimum Gasteiger partial charge on any atom is -0.271 e. The number of benzene rings is 2. The van der Waals surface area contributed by atoms with E-state index in [1.54, 1.807) is 0 Å². The maximum Gasteiger partial charge on any atom is 0.0895 e. The molecule has 0 aliphatic rings. The standard InChI is InChI=1S/C16H17BrN4/c1-2-21-16(14(17)10-19-21)15(20-18)13-9-5-7-11-6-3-4-8-12(11)13/h3-10,15,20H,2,18H2,1H3. The molecule has 0 amide bonds. The van der Waals surface area contributed by atoms with Crippen LogP contribution in [0.4, 0.5) is 0 Å². The number of nitrogens with one attached hydrogen (secondary N) is 1. The smallest absolute Gasteiger partial charge is 0.0895 e. The van der Waals surface area contributed by atoms with Gasteiger partial charge in [0.2, 0.25) is 0 Å². The Hall–Kier alpha value is -1.69. The van der Waals surface area contributed by atoms with Gasteiger partial charge in [-0.2, -0.15) is 5.10 Å². The van der Waals surface area contributed by atoms with Crippen LogP contribution in [0, 0.1) is 0 Å². The van der Waals surface area contributed by atoms with E-state index in [1.807, 2.05) is 23.0 Å². The van der Waals surface area contributed by atoms with Gasteiger partial charge in [0.1, 0.15) is 0 Å². The van der Waals surface area contributed by atoms with Crippen LogP contribution in [0.25, 0.3) is 10.8 Å². The molecular weight excluding hydrogens is 328 g/mol. The summed E-state index contributed by atoms with van der Waals surface area (Å²) >= 11 is 3.58. The molecule has 0 spiro atoms. The van der Waals surface area contributed by atoms with Gasteiger partial charge in [0, 0.05) is 6.54 Å². The summed E-state index contributed by atoms with van der Waals surface area (Å²) in [4.78, 5) is 0. The maximum atomic E-state index is 5.87. The highest BCUT2D eigenvalue weighted by Crippen LogP contribution is 2.32. The molecule has 1 aromatic heterocycles. The van der Waals surface area contributed by atoms with Crippen molar-refractivity contribution < 1.29 is 0 Å². The average Bonchev–Trinajstić information content (AvgIpc) is 2.90. The van der Waals surface area contributed by atoms with Crippen molar-refractivity contribution in [1.29, 1.82) is 0 Å². The largest absolute Gasteiger partial charge is 0.271 e. The third kappa shape index (κ3) is 2.48. The van der Waals surface area contributed by atoms with Crippen molar-refractivity contribution in [3.05, 3.63) is 64.4 Å². The van der Waals surface area contributed by atoms with Gasteiger partial charge in [-0.1, -0.05) is 42.5 Å². The first-order chi connectivity index (χ1) is 10.3. The molecular formula is C16H17BrN4. The summed E-state index contributed by atoms with van der Waals surface area (Å²) in [6.45, 7) is 2.86. The monoisotopic (exact) mass is 344 g/mol. The Balaban J connectivity index is 2.21. The number of nitrogens with two attached hydrogens (primary N) is 1. The topological polar surface area (TPSA) is 55.9 Å². The fourth-order valence-corrected chi connectivity index (χ4v) is 3.25. The molecule has 3 N–H and O–H groups in total. The van der Waals surface area contributed by atoms with Gasteiger partial charge in [0.15, 0.2) is 0 Å². The number of halogens is 1. The van der Waals surface area contributed by atoms with Gasteiger partial charge in [-0.3, -0.25) is 10.5 Å². The van der Waals surface area contributed by atoms with E-state index < -0.39 is 0 Å². The zero-order chi connectivity index (χ0) is 14.8. The number of fused-ring (bicyclic) bond motifs is 1. The van der Waals surface area contributed by atoms with E-state index in [9.17, 15) is 0 Å². The Morgan fingerprint density at radius 2 is 2.00 bits per heavy atom. The summed E-state index contributed by atoms with van der Waals surface area (Å²) in [5, 5.41) is 6.78. The Labute approximate surface area is 132 Å². The molecule has 1 atom stereocenters. The van der Waals surface area contributed by atoms with Crippen molar-refractivity contribution in [2.75, 3.05) is 0 Å². The van der Waals surface area contributed by atoms with Gasteiger partial charge in [-0.25, -0.2) is 5.43 Å². The molecule has 0 saturated heterocycles. The third-order valence-electron chi connectivity index (χ3n) is 3.71. The molecule has 0 saturated carbocycles. The Morgan fingerprint density at radius 1 is 1.24 bits per heavy atom. The highest BCUT2D eigenvalue weighted by molar-refractivity contribution is 9.10. The second kappa shape index (κ2) is 5.97. The second-order valence-corrected chi connectivity index (χ2v) is 5.72. The third-order valence-corrected chi connectivity index (χ3v) is 4.32. The molecule has 0 aliphatic carbocycles. The van der Waals surface area contributed by atoms with Gasteiger partial charge >= 0.3 is 0 Å².